The highest BCUT2D eigenvalue weighted by Gasteiger charge is 2.20. The van der Waals surface area contributed by atoms with E-state index in [2.05, 4.69) is 34.3 Å². The van der Waals surface area contributed by atoms with Crippen molar-refractivity contribution in [1.82, 2.24) is 15.2 Å². The molecule has 1 aromatic heterocycles. The second-order valence-electron chi connectivity index (χ2n) is 5.28. The second kappa shape index (κ2) is 6.86. The van der Waals surface area contributed by atoms with Crippen LogP contribution in [0.2, 0.25) is 0 Å². The van der Waals surface area contributed by atoms with Crippen LogP contribution >= 0.6 is 0 Å². The highest BCUT2D eigenvalue weighted by Crippen LogP contribution is 2.14. The maximum Gasteiger partial charge on any atom is 0.0372 e. The molecule has 1 N–H and O–H groups in total. The van der Waals surface area contributed by atoms with Crippen LogP contribution in [0.1, 0.15) is 37.4 Å². The van der Waals surface area contributed by atoms with Gasteiger partial charge in [-0.3, -0.25) is 9.88 Å². The first kappa shape index (κ1) is 13.5. The first-order chi connectivity index (χ1) is 8.79. The largest absolute Gasteiger partial charge is 0.315 e. The first-order valence-corrected chi connectivity index (χ1v) is 7.16. The van der Waals surface area contributed by atoms with E-state index in [1.54, 1.807) is 0 Å². The number of nitrogens with one attached hydrogen (secondary N) is 1. The van der Waals surface area contributed by atoms with Crippen LogP contribution in [-0.4, -0.2) is 35.6 Å². The van der Waals surface area contributed by atoms with Gasteiger partial charge in [0.05, 0.1) is 0 Å². The summed E-state index contributed by atoms with van der Waals surface area (Å²) in [6, 6.07) is 5.01. The lowest BCUT2D eigenvalue weighted by Crippen LogP contribution is -2.45. The van der Waals surface area contributed by atoms with E-state index in [0.29, 0.717) is 6.04 Å². The molecule has 2 rings (SSSR count). The molecule has 0 saturated carbocycles. The molecule has 0 amide bonds. The maximum absolute atomic E-state index is 4.40. The Hall–Kier alpha value is -0.930. The van der Waals surface area contributed by atoms with Gasteiger partial charge in [0, 0.05) is 31.0 Å². The Kier molecular flexibility index (Phi) is 5.14. The maximum atomic E-state index is 4.40. The molecule has 18 heavy (non-hydrogen) atoms. The first-order valence-electron chi connectivity index (χ1n) is 7.16. The molecule has 0 aliphatic carbocycles. The number of piperidine rings is 1. The van der Waals surface area contributed by atoms with E-state index in [1.807, 2.05) is 13.1 Å². The van der Waals surface area contributed by atoms with E-state index in [1.165, 1.54) is 37.9 Å². The van der Waals surface area contributed by atoms with E-state index in [-0.39, 0.29) is 0 Å². The summed E-state index contributed by atoms with van der Waals surface area (Å²) in [5.41, 5.74) is 2.43. The van der Waals surface area contributed by atoms with Crippen molar-refractivity contribution in [3.63, 3.8) is 0 Å². The van der Waals surface area contributed by atoms with Crippen LogP contribution in [-0.2, 0) is 6.54 Å². The van der Waals surface area contributed by atoms with E-state index < -0.39 is 0 Å². The second-order valence-corrected chi connectivity index (χ2v) is 5.28. The van der Waals surface area contributed by atoms with E-state index in [0.717, 1.165) is 18.8 Å². The summed E-state index contributed by atoms with van der Waals surface area (Å²) < 4.78 is 0. The Morgan fingerprint density at radius 1 is 1.44 bits per heavy atom. The zero-order chi connectivity index (χ0) is 12.8. The summed E-state index contributed by atoms with van der Waals surface area (Å²) in [7, 11) is 0. The monoisotopic (exact) mass is 247 g/mol. The summed E-state index contributed by atoms with van der Waals surface area (Å²) in [4.78, 5) is 7.00. The fourth-order valence-electron chi connectivity index (χ4n) is 2.65. The van der Waals surface area contributed by atoms with Gasteiger partial charge >= 0.3 is 0 Å². The molecule has 1 aromatic rings. The molecule has 1 fully saturated rings. The molecule has 0 bridgehead atoms. The van der Waals surface area contributed by atoms with Gasteiger partial charge in [0.15, 0.2) is 0 Å². The predicted octanol–water partition coefficient (Wildman–Crippen LogP) is 2.35. The number of hydrogen-bond acceptors (Lipinski definition) is 3. The molecule has 0 radical (unpaired) electrons. The van der Waals surface area contributed by atoms with Crippen molar-refractivity contribution in [2.24, 2.45) is 0 Å². The molecule has 1 aliphatic rings. The lowest BCUT2D eigenvalue weighted by atomic mass is 10.0. The summed E-state index contributed by atoms with van der Waals surface area (Å²) in [5.74, 6) is 0. The van der Waals surface area contributed by atoms with Crippen LogP contribution in [0.25, 0.3) is 0 Å². The van der Waals surface area contributed by atoms with E-state index >= 15 is 0 Å². The number of aryl methyl sites for hydroxylation is 1. The molecule has 3 heteroatoms. The molecule has 2 heterocycles. The van der Waals surface area contributed by atoms with Crippen LogP contribution in [0.4, 0.5) is 0 Å². The lowest BCUT2D eigenvalue weighted by Gasteiger charge is -2.34. The third-order valence-corrected chi connectivity index (χ3v) is 3.66. The van der Waals surface area contributed by atoms with Crippen molar-refractivity contribution < 1.29 is 0 Å². The van der Waals surface area contributed by atoms with E-state index in [9.17, 15) is 0 Å². The van der Waals surface area contributed by atoms with Gasteiger partial charge in [-0.15, -0.1) is 0 Å². The Labute approximate surface area is 111 Å². The third-order valence-electron chi connectivity index (χ3n) is 3.66. The number of nitrogens with zero attached hydrogens (tertiary/aromatic N) is 2. The van der Waals surface area contributed by atoms with Gasteiger partial charge < -0.3 is 5.32 Å². The Morgan fingerprint density at radius 3 is 2.94 bits per heavy atom. The van der Waals surface area contributed by atoms with Crippen molar-refractivity contribution >= 4 is 0 Å². The van der Waals surface area contributed by atoms with Crippen LogP contribution in [0, 0.1) is 6.92 Å². The average molecular weight is 247 g/mol. The van der Waals surface area contributed by atoms with Crippen molar-refractivity contribution in [2.45, 2.75) is 45.7 Å². The highest BCUT2D eigenvalue weighted by atomic mass is 15.2. The fraction of sp³-hybridized carbons (Fsp3) is 0.667. The van der Waals surface area contributed by atoms with Crippen molar-refractivity contribution in [3.05, 3.63) is 29.6 Å². The summed E-state index contributed by atoms with van der Waals surface area (Å²) in [6.07, 6.45) is 5.87. The molecule has 1 atom stereocenters. The molecule has 0 aromatic carbocycles. The quantitative estimate of drug-likeness (QED) is 0.865. The third kappa shape index (κ3) is 3.79. The van der Waals surface area contributed by atoms with Gasteiger partial charge in [-0.1, -0.05) is 13.0 Å². The fourth-order valence-corrected chi connectivity index (χ4v) is 2.65. The number of rotatable bonds is 5. The topological polar surface area (TPSA) is 28.2 Å². The predicted molar refractivity (Wildman–Crippen MR) is 75.6 cm³/mol. The number of pyridine rings is 1. The van der Waals surface area contributed by atoms with Crippen LogP contribution < -0.4 is 5.32 Å². The SMILES string of the molecule is CCCN(Cc1ccc(C)nc1)C1CCCNC1. The van der Waals surface area contributed by atoms with Crippen molar-refractivity contribution in [2.75, 3.05) is 19.6 Å². The summed E-state index contributed by atoms with van der Waals surface area (Å²) in [6.45, 7) is 8.84. The summed E-state index contributed by atoms with van der Waals surface area (Å²) in [5, 5.41) is 3.51. The molecule has 1 saturated heterocycles. The number of aromatic nitrogens is 1. The molecule has 1 aliphatic heterocycles. The summed E-state index contributed by atoms with van der Waals surface area (Å²) >= 11 is 0. The normalized spacial score (nSPS) is 20.3. The zero-order valence-corrected chi connectivity index (χ0v) is 11.7. The van der Waals surface area contributed by atoms with Gasteiger partial charge in [0.25, 0.3) is 0 Å². The smallest absolute Gasteiger partial charge is 0.0372 e. The molecule has 3 nitrogen and oxygen atoms in total. The van der Waals surface area contributed by atoms with E-state index in [4.69, 9.17) is 0 Å². The highest BCUT2D eigenvalue weighted by molar-refractivity contribution is 5.13. The Bertz CT molecular complexity index is 341. The van der Waals surface area contributed by atoms with Crippen LogP contribution in [0.5, 0.6) is 0 Å². The average Bonchev–Trinajstić information content (AvgIpc) is 2.42. The Morgan fingerprint density at radius 2 is 2.33 bits per heavy atom. The van der Waals surface area contributed by atoms with Crippen LogP contribution in [0.15, 0.2) is 18.3 Å². The molecular weight excluding hydrogens is 222 g/mol. The van der Waals surface area contributed by atoms with Gasteiger partial charge in [-0.05, 0) is 50.9 Å². The minimum Gasteiger partial charge on any atom is -0.315 e. The number of hydrogen-bond donors (Lipinski definition) is 1. The van der Waals surface area contributed by atoms with Gasteiger partial charge in [-0.2, -0.15) is 0 Å². The molecule has 0 spiro atoms. The van der Waals surface area contributed by atoms with Crippen LogP contribution in [0.3, 0.4) is 0 Å². The lowest BCUT2D eigenvalue weighted by molar-refractivity contribution is 0.158. The van der Waals surface area contributed by atoms with Crippen molar-refractivity contribution in [3.8, 4) is 0 Å². The van der Waals surface area contributed by atoms with Gasteiger partial charge in [-0.25, -0.2) is 0 Å². The molecule has 100 valence electrons. The Balaban J connectivity index is 1.98. The zero-order valence-electron chi connectivity index (χ0n) is 11.7. The van der Waals surface area contributed by atoms with Gasteiger partial charge in [0.2, 0.25) is 0 Å². The van der Waals surface area contributed by atoms with Gasteiger partial charge in [0.1, 0.15) is 0 Å². The minimum absolute atomic E-state index is 0.694. The van der Waals surface area contributed by atoms with Crippen molar-refractivity contribution in [1.29, 1.82) is 0 Å². The standard InChI is InChI=1S/C15H25N3/c1-3-9-18(15-5-4-8-16-11-15)12-14-7-6-13(2)17-10-14/h6-7,10,15-16H,3-5,8-9,11-12H2,1-2H3. The molecule has 1 unspecified atom stereocenters. The molecular formula is C15H25N3. The minimum atomic E-state index is 0.694.